The zero-order valence-corrected chi connectivity index (χ0v) is 14.0. The topological polar surface area (TPSA) is 84.9 Å². The predicted octanol–water partition coefficient (Wildman–Crippen LogP) is 3.47. The van der Waals surface area contributed by atoms with E-state index in [1.54, 1.807) is 27.7 Å². The number of ether oxygens (including phenoxy) is 2. The number of rotatable bonds is 5. The van der Waals surface area contributed by atoms with Gasteiger partial charge in [-0.25, -0.2) is 14.0 Å². The van der Waals surface area contributed by atoms with Crippen LogP contribution >= 0.6 is 11.6 Å². The molecule has 0 spiro atoms. The van der Waals surface area contributed by atoms with E-state index < -0.39 is 29.5 Å². The molecule has 0 heterocycles. The number of amides is 1. The molecule has 1 amide bonds. The van der Waals surface area contributed by atoms with Gasteiger partial charge in [0.2, 0.25) is 0 Å². The first kappa shape index (κ1) is 19.0. The first-order valence-corrected chi connectivity index (χ1v) is 7.22. The standard InChI is InChI=1S/C15H19ClFNO5/c1-8(18-14(21)23-15(2,3)4)7-22-12-5-9(13(19)20)10(16)6-11(12)17/h5-6,8H,7H2,1-4H3,(H,18,21)(H,19,20)/t8-/m0/s1. The smallest absolute Gasteiger partial charge is 0.407 e. The maximum Gasteiger partial charge on any atom is 0.407 e. The molecule has 0 aliphatic rings. The Hall–Kier alpha value is -2.02. The normalized spacial score (nSPS) is 12.4. The highest BCUT2D eigenvalue weighted by Crippen LogP contribution is 2.26. The van der Waals surface area contributed by atoms with Crippen LogP contribution in [0.2, 0.25) is 5.02 Å². The quantitative estimate of drug-likeness (QED) is 0.851. The van der Waals surface area contributed by atoms with Gasteiger partial charge in [0.1, 0.15) is 12.2 Å². The van der Waals surface area contributed by atoms with Crippen molar-refractivity contribution in [1.82, 2.24) is 5.32 Å². The van der Waals surface area contributed by atoms with E-state index in [4.69, 9.17) is 26.2 Å². The number of benzene rings is 1. The Morgan fingerprint density at radius 1 is 1.39 bits per heavy atom. The summed E-state index contributed by atoms with van der Waals surface area (Å²) >= 11 is 5.64. The molecule has 0 radical (unpaired) electrons. The third kappa shape index (κ3) is 6.32. The van der Waals surface area contributed by atoms with Crippen LogP contribution in [0.3, 0.4) is 0 Å². The van der Waals surface area contributed by atoms with Crippen LogP contribution in [0, 0.1) is 5.82 Å². The van der Waals surface area contributed by atoms with E-state index in [1.807, 2.05) is 0 Å². The summed E-state index contributed by atoms with van der Waals surface area (Å²) < 4.78 is 24.0. The molecule has 23 heavy (non-hydrogen) atoms. The van der Waals surface area contributed by atoms with Gasteiger partial charge >= 0.3 is 12.1 Å². The molecule has 0 bridgehead atoms. The molecule has 0 fully saturated rings. The van der Waals surface area contributed by atoms with Gasteiger partial charge in [-0.15, -0.1) is 0 Å². The van der Waals surface area contributed by atoms with Crippen molar-refractivity contribution in [1.29, 1.82) is 0 Å². The average Bonchev–Trinajstić information content (AvgIpc) is 2.34. The van der Waals surface area contributed by atoms with Gasteiger partial charge in [-0.3, -0.25) is 0 Å². The van der Waals surface area contributed by atoms with Crippen LogP contribution in [0.15, 0.2) is 12.1 Å². The molecule has 0 aliphatic heterocycles. The van der Waals surface area contributed by atoms with Gasteiger partial charge in [0, 0.05) is 0 Å². The van der Waals surface area contributed by atoms with Crippen LogP contribution in [0.25, 0.3) is 0 Å². The van der Waals surface area contributed by atoms with Gasteiger partial charge in [0.05, 0.1) is 16.6 Å². The third-order valence-corrected chi connectivity index (χ3v) is 2.82. The lowest BCUT2D eigenvalue weighted by Crippen LogP contribution is -2.40. The molecule has 0 aliphatic carbocycles. The number of carboxylic acid groups (broad SMARTS) is 1. The Bertz CT molecular complexity index is 600. The van der Waals surface area contributed by atoms with Crippen LogP contribution in [-0.2, 0) is 4.74 Å². The Labute approximate surface area is 138 Å². The summed E-state index contributed by atoms with van der Waals surface area (Å²) in [7, 11) is 0. The van der Waals surface area contributed by atoms with Crippen LogP contribution in [-0.4, -0.2) is 35.4 Å². The molecule has 1 rings (SSSR count). The first-order valence-electron chi connectivity index (χ1n) is 6.84. The number of halogens is 2. The summed E-state index contributed by atoms with van der Waals surface area (Å²) in [5, 5.41) is 11.3. The minimum Gasteiger partial charge on any atom is -0.488 e. The fourth-order valence-corrected chi connectivity index (χ4v) is 1.80. The monoisotopic (exact) mass is 347 g/mol. The molecule has 0 unspecified atom stereocenters. The minimum absolute atomic E-state index is 0.0726. The summed E-state index contributed by atoms with van der Waals surface area (Å²) in [6.07, 6.45) is -0.628. The molecule has 1 aromatic carbocycles. The number of alkyl carbamates (subject to hydrolysis) is 1. The zero-order chi connectivity index (χ0) is 17.8. The second-order valence-electron chi connectivity index (χ2n) is 5.93. The summed E-state index contributed by atoms with van der Waals surface area (Å²) in [6.45, 7) is 6.74. The number of hydrogen-bond acceptors (Lipinski definition) is 4. The van der Waals surface area contributed by atoms with E-state index >= 15 is 0 Å². The molecule has 0 saturated heterocycles. The lowest BCUT2D eigenvalue weighted by atomic mass is 10.2. The largest absolute Gasteiger partial charge is 0.488 e. The molecular formula is C15H19ClFNO5. The van der Waals surface area contributed by atoms with Crippen molar-refractivity contribution in [2.75, 3.05) is 6.61 Å². The maximum absolute atomic E-state index is 13.7. The Kier molecular flexibility index (Phi) is 6.20. The van der Waals surface area contributed by atoms with Gasteiger partial charge in [0.25, 0.3) is 0 Å². The van der Waals surface area contributed by atoms with Crippen molar-refractivity contribution in [3.05, 3.63) is 28.5 Å². The highest BCUT2D eigenvalue weighted by Gasteiger charge is 2.19. The van der Waals surface area contributed by atoms with Crippen LogP contribution < -0.4 is 10.1 Å². The van der Waals surface area contributed by atoms with Crippen molar-refractivity contribution in [3.8, 4) is 5.75 Å². The van der Waals surface area contributed by atoms with Crippen molar-refractivity contribution >= 4 is 23.7 Å². The van der Waals surface area contributed by atoms with Crippen molar-refractivity contribution < 1.29 is 28.6 Å². The van der Waals surface area contributed by atoms with E-state index in [0.717, 1.165) is 12.1 Å². The number of carbonyl (C=O) groups is 2. The van der Waals surface area contributed by atoms with E-state index in [9.17, 15) is 14.0 Å². The molecule has 1 aromatic rings. The van der Waals surface area contributed by atoms with Gasteiger partial charge in [0.15, 0.2) is 11.6 Å². The Morgan fingerprint density at radius 3 is 2.52 bits per heavy atom. The fraction of sp³-hybridized carbons (Fsp3) is 0.467. The molecule has 128 valence electrons. The third-order valence-electron chi connectivity index (χ3n) is 2.50. The number of nitrogens with one attached hydrogen (secondary N) is 1. The molecule has 0 aromatic heterocycles. The average molecular weight is 348 g/mol. The molecule has 8 heteroatoms. The summed E-state index contributed by atoms with van der Waals surface area (Å²) in [6, 6.07) is 1.39. The minimum atomic E-state index is -1.29. The number of carboxylic acids is 1. The van der Waals surface area contributed by atoms with Gasteiger partial charge < -0.3 is 19.9 Å². The lowest BCUT2D eigenvalue weighted by molar-refractivity contribution is 0.0493. The Morgan fingerprint density at radius 2 is 2.00 bits per heavy atom. The zero-order valence-electron chi connectivity index (χ0n) is 13.3. The van der Waals surface area contributed by atoms with Gasteiger partial charge in [-0.05, 0) is 39.8 Å². The van der Waals surface area contributed by atoms with E-state index in [0.29, 0.717) is 0 Å². The molecule has 0 saturated carbocycles. The number of carbonyl (C=O) groups excluding carboxylic acids is 1. The summed E-state index contributed by atoms with van der Waals surface area (Å²) in [5.74, 6) is -2.34. The van der Waals surface area contributed by atoms with Crippen molar-refractivity contribution in [3.63, 3.8) is 0 Å². The fourth-order valence-electron chi connectivity index (χ4n) is 1.57. The number of hydrogen-bond donors (Lipinski definition) is 2. The molecular weight excluding hydrogens is 329 g/mol. The SMILES string of the molecule is C[C@@H](COc1cc(C(=O)O)c(Cl)cc1F)NC(=O)OC(C)(C)C. The van der Waals surface area contributed by atoms with Crippen molar-refractivity contribution in [2.45, 2.75) is 39.3 Å². The Balaban J connectivity index is 2.66. The van der Waals surface area contributed by atoms with Crippen molar-refractivity contribution in [2.24, 2.45) is 0 Å². The summed E-state index contributed by atoms with van der Waals surface area (Å²) in [5.41, 5.74) is -0.903. The molecule has 1 atom stereocenters. The maximum atomic E-state index is 13.7. The second-order valence-corrected chi connectivity index (χ2v) is 6.33. The lowest BCUT2D eigenvalue weighted by Gasteiger charge is -2.22. The van der Waals surface area contributed by atoms with Crippen LogP contribution in [0.5, 0.6) is 5.75 Å². The molecule has 6 nitrogen and oxygen atoms in total. The van der Waals surface area contributed by atoms with Crippen LogP contribution in [0.4, 0.5) is 9.18 Å². The second kappa shape index (κ2) is 7.50. The first-order chi connectivity index (χ1) is 10.5. The van der Waals surface area contributed by atoms with Crippen LogP contribution in [0.1, 0.15) is 38.1 Å². The van der Waals surface area contributed by atoms with Gasteiger partial charge in [-0.2, -0.15) is 0 Å². The number of aromatic carboxylic acids is 1. The van der Waals surface area contributed by atoms with Gasteiger partial charge in [-0.1, -0.05) is 11.6 Å². The predicted molar refractivity (Wildman–Crippen MR) is 82.7 cm³/mol. The molecule has 2 N–H and O–H groups in total. The highest BCUT2D eigenvalue weighted by molar-refractivity contribution is 6.33. The highest BCUT2D eigenvalue weighted by atomic mass is 35.5. The summed E-state index contributed by atoms with van der Waals surface area (Å²) in [4.78, 5) is 22.5. The van der Waals surface area contributed by atoms with E-state index in [2.05, 4.69) is 5.32 Å². The van der Waals surface area contributed by atoms with E-state index in [-0.39, 0.29) is 22.9 Å². The van der Waals surface area contributed by atoms with E-state index in [1.165, 1.54) is 0 Å².